The van der Waals surface area contributed by atoms with Crippen LogP contribution in [0.3, 0.4) is 0 Å². The third-order valence-corrected chi connectivity index (χ3v) is 4.77. The van der Waals surface area contributed by atoms with Crippen molar-refractivity contribution in [2.45, 2.75) is 65.3 Å². The number of aryl methyl sites for hydroxylation is 1. The quantitative estimate of drug-likeness (QED) is 0.791. The molecule has 0 amide bonds. The first-order valence-electron chi connectivity index (χ1n) is 8.02. The van der Waals surface area contributed by atoms with E-state index in [1.54, 1.807) is 0 Å². The minimum atomic E-state index is 0.549. The number of rotatable bonds is 5. The molecule has 0 saturated heterocycles. The van der Waals surface area contributed by atoms with Gasteiger partial charge in [-0.1, -0.05) is 57.2 Å². The second-order valence-corrected chi connectivity index (χ2v) is 6.14. The van der Waals surface area contributed by atoms with E-state index in [1.807, 2.05) is 0 Å². The van der Waals surface area contributed by atoms with Crippen LogP contribution in [0.15, 0.2) is 18.2 Å². The topological polar surface area (TPSA) is 12.0 Å². The average molecular weight is 259 g/mol. The molecule has 0 radical (unpaired) electrons. The summed E-state index contributed by atoms with van der Waals surface area (Å²) in [6.45, 7) is 7.78. The fourth-order valence-corrected chi connectivity index (χ4v) is 3.47. The van der Waals surface area contributed by atoms with E-state index >= 15 is 0 Å². The summed E-state index contributed by atoms with van der Waals surface area (Å²) < 4.78 is 0. The third kappa shape index (κ3) is 3.82. The molecule has 19 heavy (non-hydrogen) atoms. The Labute approximate surface area is 118 Å². The predicted octanol–water partition coefficient (Wildman–Crippen LogP) is 4.92. The van der Waals surface area contributed by atoms with Gasteiger partial charge in [-0.15, -0.1) is 0 Å². The molecule has 106 valence electrons. The summed E-state index contributed by atoms with van der Waals surface area (Å²) in [5.74, 6) is 0.928. The molecule has 1 aromatic rings. The highest BCUT2D eigenvalue weighted by atomic mass is 14.9. The van der Waals surface area contributed by atoms with Crippen molar-refractivity contribution in [3.63, 3.8) is 0 Å². The van der Waals surface area contributed by atoms with Crippen LogP contribution in [0.4, 0.5) is 0 Å². The van der Waals surface area contributed by atoms with Crippen LogP contribution in [-0.4, -0.2) is 6.54 Å². The van der Waals surface area contributed by atoms with Gasteiger partial charge in [-0.2, -0.15) is 0 Å². The van der Waals surface area contributed by atoms with Crippen LogP contribution >= 0.6 is 0 Å². The highest BCUT2D eigenvalue weighted by molar-refractivity contribution is 5.35. The molecule has 1 saturated carbocycles. The van der Waals surface area contributed by atoms with Gasteiger partial charge in [-0.25, -0.2) is 0 Å². The lowest BCUT2D eigenvalue weighted by atomic mass is 9.82. The van der Waals surface area contributed by atoms with E-state index in [-0.39, 0.29) is 0 Å². The van der Waals surface area contributed by atoms with Crippen molar-refractivity contribution in [2.24, 2.45) is 5.92 Å². The molecule has 1 unspecified atom stereocenters. The molecular weight excluding hydrogens is 230 g/mol. The van der Waals surface area contributed by atoms with Crippen molar-refractivity contribution in [2.75, 3.05) is 6.54 Å². The molecule has 1 heteroatoms. The van der Waals surface area contributed by atoms with E-state index in [0.29, 0.717) is 6.04 Å². The molecule has 0 spiro atoms. The Kier molecular flexibility index (Phi) is 5.45. The summed E-state index contributed by atoms with van der Waals surface area (Å²) in [6, 6.07) is 7.30. The molecule has 1 atom stereocenters. The first-order chi connectivity index (χ1) is 9.22. The maximum absolute atomic E-state index is 3.71. The Bertz CT molecular complexity index is 391. The lowest BCUT2D eigenvalue weighted by Crippen LogP contribution is -2.25. The van der Waals surface area contributed by atoms with Gasteiger partial charge in [0.25, 0.3) is 0 Å². The van der Waals surface area contributed by atoms with E-state index in [2.05, 4.69) is 44.3 Å². The third-order valence-electron chi connectivity index (χ3n) is 4.77. The summed E-state index contributed by atoms with van der Waals surface area (Å²) >= 11 is 0. The Hall–Kier alpha value is -0.820. The van der Waals surface area contributed by atoms with Crippen LogP contribution in [0.5, 0.6) is 0 Å². The second-order valence-electron chi connectivity index (χ2n) is 6.14. The van der Waals surface area contributed by atoms with E-state index in [4.69, 9.17) is 0 Å². The molecular formula is C18H29N. The van der Waals surface area contributed by atoms with Gasteiger partial charge < -0.3 is 5.32 Å². The Morgan fingerprint density at radius 1 is 1.16 bits per heavy atom. The van der Waals surface area contributed by atoms with Crippen LogP contribution in [-0.2, 0) is 0 Å². The SMILES string of the molecule is CCNC(CC1CCCCC1)c1cccc(C)c1C. The van der Waals surface area contributed by atoms with Gasteiger partial charge in [0.1, 0.15) is 0 Å². The average Bonchev–Trinajstić information content (AvgIpc) is 2.43. The van der Waals surface area contributed by atoms with E-state index < -0.39 is 0 Å². The Balaban J connectivity index is 2.11. The Morgan fingerprint density at radius 3 is 2.58 bits per heavy atom. The molecule has 1 aliphatic rings. The lowest BCUT2D eigenvalue weighted by Gasteiger charge is -2.28. The largest absolute Gasteiger partial charge is 0.310 e. The molecule has 1 aromatic carbocycles. The normalized spacial score (nSPS) is 18.5. The van der Waals surface area contributed by atoms with Crippen LogP contribution in [0.25, 0.3) is 0 Å². The minimum absolute atomic E-state index is 0.549. The highest BCUT2D eigenvalue weighted by Crippen LogP contribution is 2.33. The first kappa shape index (κ1) is 14.6. The molecule has 0 aromatic heterocycles. The fraction of sp³-hybridized carbons (Fsp3) is 0.667. The van der Waals surface area contributed by atoms with Crippen molar-refractivity contribution in [3.8, 4) is 0 Å². The fourth-order valence-electron chi connectivity index (χ4n) is 3.47. The van der Waals surface area contributed by atoms with Gasteiger partial charge >= 0.3 is 0 Å². The zero-order valence-electron chi connectivity index (χ0n) is 12.8. The molecule has 1 aliphatic carbocycles. The Morgan fingerprint density at radius 2 is 1.89 bits per heavy atom. The van der Waals surface area contributed by atoms with Gasteiger partial charge in [0.2, 0.25) is 0 Å². The predicted molar refractivity (Wildman–Crippen MR) is 83.5 cm³/mol. The van der Waals surface area contributed by atoms with Crippen molar-refractivity contribution < 1.29 is 0 Å². The van der Waals surface area contributed by atoms with Gasteiger partial charge in [0.15, 0.2) is 0 Å². The van der Waals surface area contributed by atoms with Crippen LogP contribution in [0.1, 0.15) is 68.2 Å². The second kappa shape index (κ2) is 7.09. The first-order valence-corrected chi connectivity index (χ1v) is 8.02. The molecule has 0 bridgehead atoms. The lowest BCUT2D eigenvalue weighted by molar-refractivity contribution is 0.301. The maximum Gasteiger partial charge on any atom is 0.0325 e. The van der Waals surface area contributed by atoms with Crippen molar-refractivity contribution in [1.82, 2.24) is 5.32 Å². The number of hydrogen-bond acceptors (Lipinski definition) is 1. The molecule has 0 heterocycles. The molecule has 1 N–H and O–H groups in total. The van der Waals surface area contributed by atoms with Crippen LogP contribution < -0.4 is 5.32 Å². The van der Waals surface area contributed by atoms with Crippen molar-refractivity contribution >= 4 is 0 Å². The van der Waals surface area contributed by atoms with Crippen LogP contribution in [0, 0.1) is 19.8 Å². The molecule has 2 rings (SSSR count). The number of nitrogens with one attached hydrogen (secondary N) is 1. The molecule has 0 aliphatic heterocycles. The smallest absolute Gasteiger partial charge is 0.0325 e. The van der Waals surface area contributed by atoms with Crippen molar-refractivity contribution in [1.29, 1.82) is 0 Å². The highest BCUT2D eigenvalue weighted by Gasteiger charge is 2.20. The standard InChI is InChI=1S/C18H29N/c1-4-19-18(13-16-10-6-5-7-11-16)17-12-8-9-14(2)15(17)3/h8-9,12,16,18-19H,4-7,10-11,13H2,1-3H3. The van der Waals surface area contributed by atoms with E-state index in [1.165, 1.54) is 55.2 Å². The minimum Gasteiger partial charge on any atom is -0.310 e. The maximum atomic E-state index is 3.71. The summed E-state index contributed by atoms with van der Waals surface area (Å²) in [6.07, 6.45) is 8.52. The van der Waals surface area contributed by atoms with Crippen molar-refractivity contribution in [3.05, 3.63) is 34.9 Å². The number of hydrogen-bond donors (Lipinski definition) is 1. The number of benzene rings is 1. The summed E-state index contributed by atoms with van der Waals surface area (Å²) in [7, 11) is 0. The van der Waals surface area contributed by atoms with Gasteiger partial charge in [-0.05, 0) is 49.4 Å². The molecule has 1 fully saturated rings. The van der Waals surface area contributed by atoms with Gasteiger partial charge in [0, 0.05) is 6.04 Å². The van der Waals surface area contributed by atoms with Gasteiger partial charge in [0.05, 0.1) is 0 Å². The summed E-state index contributed by atoms with van der Waals surface area (Å²) in [4.78, 5) is 0. The molecule has 1 nitrogen and oxygen atoms in total. The monoisotopic (exact) mass is 259 g/mol. The zero-order valence-corrected chi connectivity index (χ0v) is 12.8. The zero-order chi connectivity index (χ0) is 13.7. The van der Waals surface area contributed by atoms with Crippen LogP contribution in [0.2, 0.25) is 0 Å². The van der Waals surface area contributed by atoms with E-state index in [9.17, 15) is 0 Å². The van der Waals surface area contributed by atoms with E-state index in [0.717, 1.165) is 12.5 Å². The van der Waals surface area contributed by atoms with Gasteiger partial charge in [-0.3, -0.25) is 0 Å². The summed E-state index contributed by atoms with van der Waals surface area (Å²) in [5.41, 5.74) is 4.42. The summed E-state index contributed by atoms with van der Waals surface area (Å²) in [5, 5.41) is 3.71.